The normalized spacial score (nSPS) is 35.6. The Morgan fingerprint density at radius 2 is 2.15 bits per heavy atom. The van der Waals surface area contributed by atoms with Gasteiger partial charge in [0.1, 0.15) is 5.75 Å². The number of ether oxygens (including phenoxy) is 1. The van der Waals surface area contributed by atoms with Gasteiger partial charge in [-0.05, 0) is 79.4 Å². The van der Waals surface area contributed by atoms with Crippen LogP contribution >= 0.6 is 0 Å². The molecule has 0 amide bonds. The van der Waals surface area contributed by atoms with Crippen LogP contribution in [0.1, 0.15) is 49.7 Å². The Morgan fingerprint density at radius 3 is 3.03 bits per heavy atom. The number of nitrogens with one attached hydrogen (secondary N) is 1. The molecule has 5 aliphatic rings. The van der Waals surface area contributed by atoms with Gasteiger partial charge < -0.3 is 14.7 Å². The average molecular weight is 464 g/mol. The van der Waals surface area contributed by atoms with Gasteiger partial charge in [0.25, 0.3) is 0 Å². The van der Waals surface area contributed by atoms with E-state index in [2.05, 4.69) is 32.6 Å². The molecule has 4 saturated carbocycles. The first kappa shape index (κ1) is 20.6. The lowest BCUT2D eigenvalue weighted by Crippen LogP contribution is -2.37. The first-order chi connectivity index (χ1) is 16.6. The number of hydrogen-bond donors (Lipinski definition) is 2. The zero-order valence-electron chi connectivity index (χ0n) is 19.2. The van der Waals surface area contributed by atoms with Crippen LogP contribution in [0.2, 0.25) is 0 Å². The molecule has 2 heterocycles. The Hall–Kier alpha value is -2.74. The maximum absolute atomic E-state index is 14.3. The molecular weight excluding hydrogens is 433 g/mol. The monoisotopic (exact) mass is 463 g/mol. The van der Waals surface area contributed by atoms with Crippen LogP contribution < -0.4 is 10.3 Å². The van der Waals surface area contributed by atoms with Gasteiger partial charge in [-0.15, -0.1) is 0 Å². The summed E-state index contributed by atoms with van der Waals surface area (Å²) in [5.41, 5.74) is 5.65. The molecule has 1 aliphatic heterocycles. The van der Waals surface area contributed by atoms with E-state index < -0.39 is 5.82 Å². The third-order valence-electron chi connectivity index (χ3n) is 9.53. The van der Waals surface area contributed by atoms with Crippen molar-refractivity contribution in [3.63, 3.8) is 0 Å². The van der Waals surface area contributed by atoms with Crippen molar-refractivity contribution in [3.8, 4) is 5.75 Å². The third kappa shape index (κ3) is 2.93. The number of halogens is 1. The van der Waals surface area contributed by atoms with Crippen LogP contribution in [-0.2, 0) is 10.2 Å². The molecule has 5 atom stereocenters. The van der Waals surface area contributed by atoms with Crippen LogP contribution in [-0.4, -0.2) is 47.6 Å². The molecule has 7 nitrogen and oxygen atoms in total. The van der Waals surface area contributed by atoms with E-state index in [1.54, 1.807) is 6.21 Å². The Balaban J connectivity index is 1.11. The standard InChI is InChI=1S/C26H30FN5O2/c27-21-14-28-24(30-23(21)32-5-7-34-8-6-32)31-29-13-18-11-19(1-2-22(18)33)26-12-16-9-17-3-4-25(26,15-26)20(17)10-16/h1-2,11,13-14,16-17,20,33H,3-10,12,15H2,(H,28,30,31)/b29-13-/t16-,17-,20?,25?,26?/m0/s1. The average Bonchev–Trinajstić information content (AvgIpc) is 3.17. The molecule has 1 aromatic heterocycles. The largest absolute Gasteiger partial charge is 0.507 e. The summed E-state index contributed by atoms with van der Waals surface area (Å²) in [5.74, 6) is 2.95. The number of benzene rings is 1. The quantitative estimate of drug-likeness (QED) is 0.514. The van der Waals surface area contributed by atoms with Crippen LogP contribution in [0.4, 0.5) is 16.2 Å². The summed E-state index contributed by atoms with van der Waals surface area (Å²) in [6.45, 7) is 2.27. The smallest absolute Gasteiger partial charge is 0.245 e. The van der Waals surface area contributed by atoms with E-state index in [4.69, 9.17) is 4.74 Å². The van der Waals surface area contributed by atoms with Gasteiger partial charge in [0, 0.05) is 24.1 Å². The number of fused-ring (bicyclic) bond motifs is 1. The van der Waals surface area contributed by atoms with Gasteiger partial charge in [-0.2, -0.15) is 10.1 Å². The number of hydrogen-bond acceptors (Lipinski definition) is 7. The molecule has 5 fully saturated rings. The summed E-state index contributed by atoms with van der Waals surface area (Å²) in [7, 11) is 0. The van der Waals surface area contributed by atoms with E-state index >= 15 is 0 Å². The van der Waals surface area contributed by atoms with E-state index in [1.165, 1.54) is 44.1 Å². The number of anilines is 2. The number of rotatable bonds is 5. The zero-order valence-corrected chi connectivity index (χ0v) is 19.2. The van der Waals surface area contributed by atoms with Gasteiger partial charge in [-0.25, -0.2) is 14.8 Å². The maximum Gasteiger partial charge on any atom is 0.245 e. The van der Waals surface area contributed by atoms with E-state index in [0.717, 1.165) is 24.0 Å². The Bertz CT molecular complexity index is 1170. The number of aromatic hydroxyl groups is 1. The summed E-state index contributed by atoms with van der Waals surface area (Å²) in [6.07, 6.45) is 11.0. The van der Waals surface area contributed by atoms with Crippen molar-refractivity contribution in [2.24, 2.45) is 28.3 Å². The van der Waals surface area contributed by atoms with Crippen LogP contribution in [0.5, 0.6) is 5.75 Å². The molecule has 4 aliphatic carbocycles. The topological polar surface area (TPSA) is 82.9 Å². The van der Waals surface area contributed by atoms with E-state index in [9.17, 15) is 9.50 Å². The number of aromatic nitrogens is 2. The molecule has 0 radical (unpaired) electrons. The highest BCUT2D eigenvalue weighted by Crippen LogP contribution is 2.83. The summed E-state index contributed by atoms with van der Waals surface area (Å²) < 4.78 is 19.6. The Labute approximate surface area is 198 Å². The lowest BCUT2D eigenvalue weighted by Gasteiger charge is -2.34. The first-order valence-electron chi connectivity index (χ1n) is 12.6. The van der Waals surface area contributed by atoms with Crippen molar-refractivity contribution >= 4 is 18.0 Å². The van der Waals surface area contributed by atoms with E-state index in [0.29, 0.717) is 42.7 Å². The minimum absolute atomic E-state index is 0.206. The molecule has 1 spiro atoms. The second kappa shape index (κ2) is 7.38. The fraction of sp³-hybridized carbons (Fsp3) is 0.577. The van der Waals surface area contributed by atoms with Crippen LogP contribution in [0.25, 0.3) is 0 Å². The number of phenolic OH excluding ortho intramolecular Hbond substituents is 1. The minimum atomic E-state index is -0.463. The van der Waals surface area contributed by atoms with Crippen LogP contribution in [0, 0.1) is 29.0 Å². The van der Waals surface area contributed by atoms with Crippen molar-refractivity contribution in [1.82, 2.24) is 9.97 Å². The fourth-order valence-electron chi connectivity index (χ4n) is 8.14. The highest BCUT2D eigenvalue weighted by Gasteiger charge is 2.77. The maximum atomic E-state index is 14.3. The zero-order chi connectivity index (χ0) is 22.9. The van der Waals surface area contributed by atoms with Gasteiger partial charge in [-0.1, -0.05) is 6.07 Å². The summed E-state index contributed by atoms with van der Waals surface area (Å²) >= 11 is 0. The van der Waals surface area contributed by atoms with Crippen molar-refractivity contribution in [2.75, 3.05) is 36.6 Å². The molecule has 1 aromatic carbocycles. The van der Waals surface area contributed by atoms with Crippen molar-refractivity contribution in [3.05, 3.63) is 41.3 Å². The number of nitrogens with zero attached hydrogens (tertiary/aromatic N) is 4. The number of hydrazone groups is 1. The van der Waals surface area contributed by atoms with Gasteiger partial charge >= 0.3 is 0 Å². The third-order valence-corrected chi connectivity index (χ3v) is 9.53. The summed E-state index contributed by atoms with van der Waals surface area (Å²) in [4.78, 5) is 10.2. The second-order valence-corrected chi connectivity index (χ2v) is 11.0. The molecule has 3 unspecified atom stereocenters. The van der Waals surface area contributed by atoms with Crippen molar-refractivity contribution in [1.29, 1.82) is 0 Å². The molecule has 1 saturated heterocycles. The van der Waals surface area contributed by atoms with E-state index in [-0.39, 0.29) is 17.5 Å². The molecule has 2 aromatic rings. The van der Waals surface area contributed by atoms with Gasteiger partial charge in [0.05, 0.1) is 25.6 Å². The molecule has 2 bridgehead atoms. The predicted molar refractivity (Wildman–Crippen MR) is 127 cm³/mol. The van der Waals surface area contributed by atoms with Crippen molar-refractivity contribution in [2.45, 2.75) is 43.9 Å². The van der Waals surface area contributed by atoms with Gasteiger partial charge in [0.15, 0.2) is 11.6 Å². The SMILES string of the molecule is Oc1ccc(C23C[C@@H]4CC5[C@@H](CCC52C3)C4)cc1/C=N\Nc1ncc(F)c(N2CCOCC2)n1. The summed E-state index contributed by atoms with van der Waals surface area (Å²) in [5, 5.41) is 14.8. The summed E-state index contributed by atoms with van der Waals surface area (Å²) in [6, 6.07) is 6.06. The number of morpholine rings is 1. The molecule has 7 rings (SSSR count). The highest BCUT2D eigenvalue weighted by atomic mass is 19.1. The minimum Gasteiger partial charge on any atom is -0.507 e. The molecule has 178 valence electrons. The first-order valence-corrected chi connectivity index (χ1v) is 12.6. The lowest BCUT2D eigenvalue weighted by atomic mass is 9.70. The fourth-order valence-corrected chi connectivity index (χ4v) is 8.14. The van der Waals surface area contributed by atoms with Gasteiger partial charge in [-0.3, -0.25) is 0 Å². The van der Waals surface area contributed by atoms with Crippen LogP contribution in [0.3, 0.4) is 0 Å². The number of phenols is 1. The van der Waals surface area contributed by atoms with Gasteiger partial charge in [0.2, 0.25) is 5.95 Å². The van der Waals surface area contributed by atoms with Crippen LogP contribution in [0.15, 0.2) is 29.5 Å². The van der Waals surface area contributed by atoms with E-state index in [1.807, 2.05) is 11.0 Å². The van der Waals surface area contributed by atoms with Crippen molar-refractivity contribution < 1.29 is 14.2 Å². The highest BCUT2D eigenvalue weighted by molar-refractivity contribution is 5.84. The lowest BCUT2D eigenvalue weighted by molar-refractivity contribution is 0.122. The Kier molecular flexibility index (Phi) is 4.47. The molecular formula is C26H30FN5O2. The predicted octanol–water partition coefficient (Wildman–Crippen LogP) is 4.07. The molecule has 8 heteroatoms. The molecule has 2 N–H and O–H groups in total. The molecule has 34 heavy (non-hydrogen) atoms. The Morgan fingerprint density at radius 1 is 1.26 bits per heavy atom. The second-order valence-electron chi connectivity index (χ2n) is 11.0.